The van der Waals surface area contributed by atoms with Crippen LogP contribution in [-0.4, -0.2) is 18.7 Å². The van der Waals surface area contributed by atoms with Gasteiger partial charge in [-0.25, -0.2) is 4.79 Å². The maximum atomic E-state index is 12.2. The lowest BCUT2D eigenvalue weighted by atomic mass is 10.1. The summed E-state index contributed by atoms with van der Waals surface area (Å²) < 4.78 is 16.5. The molecule has 1 aliphatic heterocycles. The number of carbonyl (C=O) groups is 1. The molecule has 0 amide bonds. The normalized spacial score (nSPS) is 16.2. The summed E-state index contributed by atoms with van der Waals surface area (Å²) in [5.41, 5.74) is 1.71. The van der Waals surface area contributed by atoms with Crippen LogP contribution in [0.3, 0.4) is 0 Å². The molecule has 0 fully saturated rings. The van der Waals surface area contributed by atoms with Gasteiger partial charge in [0.15, 0.2) is 11.5 Å². The Kier molecular flexibility index (Phi) is 3.94. The molecule has 0 bridgehead atoms. The van der Waals surface area contributed by atoms with Crippen LogP contribution in [0.15, 0.2) is 36.4 Å². The summed E-state index contributed by atoms with van der Waals surface area (Å²) in [6, 6.07) is 10.7. The van der Waals surface area contributed by atoms with E-state index in [9.17, 15) is 4.79 Å². The van der Waals surface area contributed by atoms with E-state index in [0.29, 0.717) is 22.3 Å². The first-order valence-corrected chi connectivity index (χ1v) is 7.29. The van der Waals surface area contributed by atoms with Gasteiger partial charge in [0, 0.05) is 5.02 Å². The Labute approximate surface area is 133 Å². The molecule has 0 saturated heterocycles. The van der Waals surface area contributed by atoms with Crippen molar-refractivity contribution in [2.75, 3.05) is 6.61 Å². The van der Waals surface area contributed by atoms with E-state index in [1.807, 2.05) is 26.0 Å². The van der Waals surface area contributed by atoms with Crippen LogP contribution in [-0.2, 0) is 4.79 Å². The van der Waals surface area contributed by atoms with Crippen molar-refractivity contribution in [2.45, 2.75) is 20.0 Å². The van der Waals surface area contributed by atoms with Crippen molar-refractivity contribution in [3.8, 4) is 17.2 Å². The molecular formula is C17H15ClO4. The van der Waals surface area contributed by atoms with Gasteiger partial charge >= 0.3 is 5.97 Å². The van der Waals surface area contributed by atoms with Gasteiger partial charge in [-0.15, -0.1) is 0 Å². The number of esters is 1. The third-order valence-electron chi connectivity index (χ3n) is 3.40. The smallest absolute Gasteiger partial charge is 0.356 e. The third kappa shape index (κ3) is 2.88. The van der Waals surface area contributed by atoms with Crippen molar-refractivity contribution < 1.29 is 19.0 Å². The molecule has 1 aliphatic rings. The quantitative estimate of drug-likeness (QED) is 0.625. The Bertz CT molecular complexity index is 703. The van der Waals surface area contributed by atoms with Crippen LogP contribution in [0.1, 0.15) is 11.1 Å². The molecule has 0 aliphatic carbocycles. The van der Waals surface area contributed by atoms with Gasteiger partial charge in [0.05, 0.1) is 0 Å². The lowest BCUT2D eigenvalue weighted by Gasteiger charge is -2.25. The first kappa shape index (κ1) is 14.7. The largest absolute Gasteiger partial charge is 0.485 e. The van der Waals surface area contributed by atoms with Gasteiger partial charge in [-0.05, 0) is 49.2 Å². The van der Waals surface area contributed by atoms with Crippen molar-refractivity contribution >= 4 is 17.6 Å². The molecular weight excluding hydrogens is 304 g/mol. The number of rotatable bonds is 2. The Morgan fingerprint density at radius 3 is 2.50 bits per heavy atom. The molecule has 0 radical (unpaired) electrons. The van der Waals surface area contributed by atoms with Gasteiger partial charge in [-0.2, -0.15) is 0 Å². The van der Waals surface area contributed by atoms with E-state index in [0.717, 1.165) is 11.1 Å². The first-order chi connectivity index (χ1) is 10.5. The van der Waals surface area contributed by atoms with Crippen LogP contribution in [0.25, 0.3) is 0 Å². The lowest BCUT2D eigenvalue weighted by Crippen LogP contribution is -2.39. The number of carbonyl (C=O) groups excluding carboxylic acids is 1. The molecule has 0 aromatic heterocycles. The zero-order valence-corrected chi connectivity index (χ0v) is 13.0. The molecule has 1 atom stereocenters. The van der Waals surface area contributed by atoms with Crippen LogP contribution in [0, 0.1) is 13.8 Å². The molecule has 2 aromatic carbocycles. The van der Waals surface area contributed by atoms with E-state index in [2.05, 4.69) is 0 Å². The second-order valence-electron chi connectivity index (χ2n) is 5.16. The summed E-state index contributed by atoms with van der Waals surface area (Å²) in [7, 11) is 0. The van der Waals surface area contributed by atoms with E-state index < -0.39 is 12.1 Å². The zero-order chi connectivity index (χ0) is 15.7. The summed E-state index contributed by atoms with van der Waals surface area (Å²) in [6.45, 7) is 3.85. The fraction of sp³-hybridized carbons (Fsp3) is 0.235. The van der Waals surface area contributed by atoms with Crippen LogP contribution in [0.2, 0.25) is 5.02 Å². The van der Waals surface area contributed by atoms with Gasteiger partial charge in [0.2, 0.25) is 6.10 Å². The van der Waals surface area contributed by atoms with Crippen LogP contribution >= 0.6 is 11.6 Å². The zero-order valence-electron chi connectivity index (χ0n) is 12.3. The van der Waals surface area contributed by atoms with Crippen molar-refractivity contribution in [3.05, 3.63) is 52.5 Å². The summed E-state index contributed by atoms with van der Waals surface area (Å²) in [5.74, 6) is 1.13. The number of fused-ring (bicyclic) bond motifs is 1. The molecule has 5 heteroatoms. The Morgan fingerprint density at radius 2 is 1.82 bits per heavy atom. The summed E-state index contributed by atoms with van der Waals surface area (Å²) in [5, 5.41) is 0.672. The van der Waals surface area contributed by atoms with Crippen LogP contribution in [0.4, 0.5) is 0 Å². The minimum absolute atomic E-state index is 0.126. The highest BCUT2D eigenvalue weighted by atomic mass is 35.5. The molecule has 4 nitrogen and oxygen atoms in total. The molecule has 0 unspecified atom stereocenters. The maximum Gasteiger partial charge on any atom is 0.356 e. The summed E-state index contributed by atoms with van der Waals surface area (Å²) >= 11 is 6.11. The summed E-state index contributed by atoms with van der Waals surface area (Å²) in [4.78, 5) is 12.2. The lowest BCUT2D eigenvalue weighted by molar-refractivity contribution is -0.144. The van der Waals surface area contributed by atoms with Gasteiger partial charge in [0.25, 0.3) is 0 Å². The van der Waals surface area contributed by atoms with E-state index in [-0.39, 0.29) is 6.61 Å². The Morgan fingerprint density at radius 1 is 1.18 bits per heavy atom. The van der Waals surface area contributed by atoms with Crippen molar-refractivity contribution in [1.29, 1.82) is 0 Å². The number of para-hydroxylation sites is 2. The number of ether oxygens (including phenoxy) is 3. The molecule has 0 N–H and O–H groups in total. The highest BCUT2D eigenvalue weighted by Gasteiger charge is 2.29. The van der Waals surface area contributed by atoms with Gasteiger partial charge < -0.3 is 14.2 Å². The number of aryl methyl sites for hydroxylation is 2. The SMILES string of the molecule is Cc1cc(OC(=O)[C@H]2COc3ccccc3O2)cc(C)c1Cl. The predicted molar refractivity (Wildman–Crippen MR) is 82.9 cm³/mol. The van der Waals surface area contributed by atoms with E-state index >= 15 is 0 Å². The molecule has 1 heterocycles. The Hall–Kier alpha value is -2.20. The molecule has 3 rings (SSSR count). The van der Waals surface area contributed by atoms with Gasteiger partial charge in [-0.3, -0.25) is 0 Å². The fourth-order valence-corrected chi connectivity index (χ4v) is 2.39. The minimum atomic E-state index is -0.786. The van der Waals surface area contributed by atoms with E-state index in [4.69, 9.17) is 25.8 Å². The second kappa shape index (κ2) is 5.89. The predicted octanol–water partition coefficient (Wildman–Crippen LogP) is 3.70. The van der Waals surface area contributed by atoms with Gasteiger partial charge in [0.1, 0.15) is 12.4 Å². The highest BCUT2D eigenvalue weighted by Crippen LogP contribution is 2.31. The second-order valence-corrected chi connectivity index (χ2v) is 5.53. The monoisotopic (exact) mass is 318 g/mol. The molecule has 0 spiro atoms. The van der Waals surface area contributed by atoms with Crippen LogP contribution < -0.4 is 14.2 Å². The van der Waals surface area contributed by atoms with E-state index in [1.165, 1.54) is 0 Å². The Balaban J connectivity index is 1.73. The number of benzene rings is 2. The number of hydrogen-bond acceptors (Lipinski definition) is 4. The highest BCUT2D eigenvalue weighted by molar-refractivity contribution is 6.32. The summed E-state index contributed by atoms with van der Waals surface area (Å²) in [6.07, 6.45) is -0.786. The average molecular weight is 319 g/mol. The molecule has 2 aromatic rings. The topological polar surface area (TPSA) is 44.8 Å². The third-order valence-corrected chi connectivity index (χ3v) is 4.00. The molecule has 22 heavy (non-hydrogen) atoms. The van der Waals surface area contributed by atoms with Crippen molar-refractivity contribution in [2.24, 2.45) is 0 Å². The molecule has 0 saturated carbocycles. The van der Waals surface area contributed by atoms with Crippen LogP contribution in [0.5, 0.6) is 17.2 Å². The number of halogens is 1. The maximum absolute atomic E-state index is 12.2. The fourth-order valence-electron chi connectivity index (χ4n) is 2.28. The number of hydrogen-bond donors (Lipinski definition) is 0. The minimum Gasteiger partial charge on any atom is -0.485 e. The van der Waals surface area contributed by atoms with Crippen molar-refractivity contribution in [3.63, 3.8) is 0 Å². The average Bonchev–Trinajstić information content (AvgIpc) is 2.52. The molecule has 114 valence electrons. The standard InChI is InChI=1S/C17H15ClO4/c1-10-7-12(8-11(2)16(10)18)21-17(19)15-9-20-13-5-3-4-6-14(13)22-15/h3-8,15H,9H2,1-2H3/t15-/m1/s1. The van der Waals surface area contributed by atoms with Gasteiger partial charge in [-0.1, -0.05) is 23.7 Å². The first-order valence-electron chi connectivity index (χ1n) is 6.91. The van der Waals surface area contributed by atoms with Crippen molar-refractivity contribution in [1.82, 2.24) is 0 Å². The van der Waals surface area contributed by atoms with E-state index in [1.54, 1.807) is 24.3 Å².